The van der Waals surface area contributed by atoms with Crippen LogP contribution in [0.4, 0.5) is 0 Å². The van der Waals surface area contributed by atoms with Crippen molar-refractivity contribution in [1.82, 2.24) is 5.32 Å². The predicted molar refractivity (Wildman–Crippen MR) is 54.3 cm³/mol. The topological polar surface area (TPSA) is 12.0 Å². The van der Waals surface area contributed by atoms with Gasteiger partial charge < -0.3 is 5.32 Å². The van der Waals surface area contributed by atoms with Crippen LogP contribution >= 0.6 is 0 Å². The second-order valence-corrected chi connectivity index (χ2v) is 3.79. The maximum atomic E-state index is 3.71. The highest BCUT2D eigenvalue weighted by molar-refractivity contribution is 4.71. The molecule has 0 aromatic rings. The minimum atomic E-state index is 0.962. The van der Waals surface area contributed by atoms with Gasteiger partial charge in [-0.2, -0.15) is 0 Å². The lowest BCUT2D eigenvalue weighted by atomic mass is 9.89. The fourth-order valence-corrected chi connectivity index (χ4v) is 1.90. The van der Waals surface area contributed by atoms with Crippen LogP contribution in [0.25, 0.3) is 0 Å². The van der Waals surface area contributed by atoms with Crippen LogP contribution in [0.2, 0.25) is 0 Å². The molecule has 1 saturated carbocycles. The Labute approximate surface area is 76.2 Å². The third kappa shape index (κ3) is 3.91. The Morgan fingerprint density at radius 1 is 1.25 bits per heavy atom. The maximum absolute atomic E-state index is 3.71. The molecule has 0 unspecified atom stereocenters. The standard InChI is InChI=1S/C11H21N/c1-2-3-9-12-10-11-7-5-4-6-8-11/h2,11-12H,1,3-10H2. The van der Waals surface area contributed by atoms with Crippen LogP contribution < -0.4 is 5.32 Å². The van der Waals surface area contributed by atoms with Crippen molar-refractivity contribution in [2.24, 2.45) is 5.92 Å². The van der Waals surface area contributed by atoms with E-state index in [1.165, 1.54) is 38.6 Å². The molecule has 0 amide bonds. The Hall–Kier alpha value is -0.300. The monoisotopic (exact) mass is 167 g/mol. The Balaban J connectivity index is 1.94. The van der Waals surface area contributed by atoms with Crippen molar-refractivity contribution in [3.05, 3.63) is 12.7 Å². The molecular formula is C11H21N. The van der Waals surface area contributed by atoms with Crippen LogP contribution in [0, 0.1) is 5.92 Å². The molecule has 1 N–H and O–H groups in total. The molecule has 0 aromatic heterocycles. The highest BCUT2D eigenvalue weighted by Gasteiger charge is 2.11. The summed E-state index contributed by atoms with van der Waals surface area (Å²) >= 11 is 0. The number of rotatable bonds is 5. The lowest BCUT2D eigenvalue weighted by Gasteiger charge is -2.21. The molecule has 0 radical (unpaired) electrons. The molecule has 0 heterocycles. The smallest absolute Gasteiger partial charge is 0.00143 e. The third-order valence-corrected chi connectivity index (χ3v) is 2.68. The lowest BCUT2D eigenvalue weighted by Crippen LogP contribution is -2.25. The van der Waals surface area contributed by atoms with Crippen molar-refractivity contribution < 1.29 is 0 Å². The quantitative estimate of drug-likeness (QED) is 0.490. The Morgan fingerprint density at radius 2 is 2.00 bits per heavy atom. The van der Waals surface area contributed by atoms with Gasteiger partial charge in [0.15, 0.2) is 0 Å². The number of hydrogen-bond donors (Lipinski definition) is 1. The van der Waals surface area contributed by atoms with E-state index in [2.05, 4.69) is 11.9 Å². The summed E-state index contributed by atoms with van der Waals surface area (Å²) in [4.78, 5) is 0. The first-order chi connectivity index (χ1) is 5.93. The Kier molecular flexibility index (Phi) is 5.09. The van der Waals surface area contributed by atoms with Gasteiger partial charge in [-0.3, -0.25) is 0 Å². The average Bonchev–Trinajstić information content (AvgIpc) is 2.14. The normalized spacial score (nSPS) is 19.3. The van der Waals surface area contributed by atoms with E-state index in [0.29, 0.717) is 0 Å². The zero-order chi connectivity index (χ0) is 8.65. The van der Waals surface area contributed by atoms with Gasteiger partial charge in [0.05, 0.1) is 0 Å². The number of nitrogens with one attached hydrogen (secondary N) is 1. The van der Waals surface area contributed by atoms with Gasteiger partial charge in [-0.1, -0.05) is 25.3 Å². The molecule has 0 bridgehead atoms. The molecule has 1 aliphatic rings. The molecule has 70 valence electrons. The summed E-state index contributed by atoms with van der Waals surface area (Å²) in [5, 5.41) is 3.48. The van der Waals surface area contributed by atoms with Crippen LogP contribution in [0.1, 0.15) is 38.5 Å². The van der Waals surface area contributed by atoms with E-state index in [9.17, 15) is 0 Å². The van der Waals surface area contributed by atoms with E-state index >= 15 is 0 Å². The van der Waals surface area contributed by atoms with Crippen molar-refractivity contribution in [2.45, 2.75) is 38.5 Å². The van der Waals surface area contributed by atoms with Gasteiger partial charge in [-0.15, -0.1) is 6.58 Å². The van der Waals surface area contributed by atoms with E-state index in [1.54, 1.807) is 0 Å². The van der Waals surface area contributed by atoms with Gasteiger partial charge in [0.25, 0.3) is 0 Å². The molecule has 12 heavy (non-hydrogen) atoms. The summed E-state index contributed by atoms with van der Waals surface area (Å²) in [7, 11) is 0. The van der Waals surface area contributed by atoms with Crippen molar-refractivity contribution in [2.75, 3.05) is 13.1 Å². The second kappa shape index (κ2) is 6.24. The molecule has 1 rings (SSSR count). The maximum Gasteiger partial charge on any atom is -0.00143 e. The first kappa shape index (κ1) is 9.79. The molecule has 1 aliphatic carbocycles. The van der Waals surface area contributed by atoms with Crippen LogP contribution in [-0.2, 0) is 0 Å². The van der Waals surface area contributed by atoms with Gasteiger partial charge in [0.1, 0.15) is 0 Å². The summed E-state index contributed by atoms with van der Waals surface area (Å²) in [5.41, 5.74) is 0. The SMILES string of the molecule is C=CCCNCC1CCCCC1. The Morgan fingerprint density at radius 3 is 2.67 bits per heavy atom. The molecule has 0 atom stereocenters. The summed E-state index contributed by atoms with van der Waals surface area (Å²) in [6.45, 7) is 6.05. The second-order valence-electron chi connectivity index (χ2n) is 3.79. The minimum Gasteiger partial charge on any atom is -0.316 e. The van der Waals surface area contributed by atoms with E-state index in [0.717, 1.165) is 18.9 Å². The molecule has 0 aliphatic heterocycles. The van der Waals surface area contributed by atoms with Gasteiger partial charge in [-0.25, -0.2) is 0 Å². The van der Waals surface area contributed by atoms with Gasteiger partial charge >= 0.3 is 0 Å². The first-order valence-electron chi connectivity index (χ1n) is 5.25. The van der Waals surface area contributed by atoms with E-state index in [1.807, 2.05) is 6.08 Å². The van der Waals surface area contributed by atoms with E-state index in [-0.39, 0.29) is 0 Å². The lowest BCUT2D eigenvalue weighted by molar-refractivity contribution is 0.343. The van der Waals surface area contributed by atoms with Crippen LogP contribution in [0.5, 0.6) is 0 Å². The fourth-order valence-electron chi connectivity index (χ4n) is 1.90. The summed E-state index contributed by atoms with van der Waals surface area (Å²) in [6, 6.07) is 0. The van der Waals surface area contributed by atoms with Gasteiger partial charge in [0, 0.05) is 0 Å². The van der Waals surface area contributed by atoms with Crippen LogP contribution in [-0.4, -0.2) is 13.1 Å². The zero-order valence-electron chi connectivity index (χ0n) is 8.02. The molecule has 0 saturated heterocycles. The minimum absolute atomic E-state index is 0.962. The van der Waals surface area contributed by atoms with Gasteiger partial charge in [0.2, 0.25) is 0 Å². The average molecular weight is 167 g/mol. The third-order valence-electron chi connectivity index (χ3n) is 2.68. The number of hydrogen-bond acceptors (Lipinski definition) is 1. The fraction of sp³-hybridized carbons (Fsp3) is 0.818. The largest absolute Gasteiger partial charge is 0.316 e. The highest BCUT2D eigenvalue weighted by Crippen LogP contribution is 2.22. The predicted octanol–water partition coefficient (Wildman–Crippen LogP) is 2.73. The first-order valence-corrected chi connectivity index (χ1v) is 5.25. The van der Waals surface area contributed by atoms with Crippen LogP contribution in [0.15, 0.2) is 12.7 Å². The van der Waals surface area contributed by atoms with Crippen LogP contribution in [0.3, 0.4) is 0 Å². The molecule has 1 heteroatoms. The zero-order valence-corrected chi connectivity index (χ0v) is 8.02. The van der Waals surface area contributed by atoms with Crippen molar-refractivity contribution in [3.63, 3.8) is 0 Å². The van der Waals surface area contributed by atoms with Gasteiger partial charge in [-0.05, 0) is 38.3 Å². The van der Waals surface area contributed by atoms with Crippen molar-refractivity contribution >= 4 is 0 Å². The van der Waals surface area contributed by atoms with Crippen molar-refractivity contribution in [1.29, 1.82) is 0 Å². The molecule has 0 aromatic carbocycles. The van der Waals surface area contributed by atoms with E-state index < -0.39 is 0 Å². The highest BCUT2D eigenvalue weighted by atomic mass is 14.8. The summed E-state index contributed by atoms with van der Waals surface area (Å²) in [5.74, 6) is 0.962. The molecule has 1 fully saturated rings. The molecule has 0 spiro atoms. The van der Waals surface area contributed by atoms with Crippen molar-refractivity contribution in [3.8, 4) is 0 Å². The summed E-state index contributed by atoms with van der Waals surface area (Å²) < 4.78 is 0. The molecule has 1 nitrogen and oxygen atoms in total. The summed E-state index contributed by atoms with van der Waals surface area (Å²) in [6.07, 6.45) is 10.3. The molecular weight excluding hydrogens is 146 g/mol. The van der Waals surface area contributed by atoms with E-state index in [4.69, 9.17) is 0 Å². The Bertz CT molecular complexity index is 114.